The average Bonchev–Trinajstić information content (AvgIpc) is 2.46. The number of rotatable bonds is 5. The molecule has 0 saturated carbocycles. The van der Waals surface area contributed by atoms with Crippen molar-refractivity contribution in [3.63, 3.8) is 0 Å². The smallest absolute Gasteiger partial charge is 0.160 e. The summed E-state index contributed by atoms with van der Waals surface area (Å²) in [4.78, 5) is 2.17. The van der Waals surface area contributed by atoms with Crippen molar-refractivity contribution in [2.45, 2.75) is 6.10 Å². The third kappa shape index (κ3) is 4.23. The Bertz CT molecular complexity index is 455. The van der Waals surface area contributed by atoms with Gasteiger partial charge in [-0.1, -0.05) is 18.2 Å². The van der Waals surface area contributed by atoms with Gasteiger partial charge in [0, 0.05) is 19.6 Å². The van der Waals surface area contributed by atoms with Crippen molar-refractivity contribution in [2.24, 2.45) is 0 Å². The van der Waals surface area contributed by atoms with E-state index in [1.165, 1.54) is 7.11 Å². The molecule has 2 N–H and O–H groups in total. The molecule has 1 fully saturated rings. The van der Waals surface area contributed by atoms with Crippen LogP contribution in [0, 0.1) is 0 Å². The second-order valence-corrected chi connectivity index (χ2v) is 4.77. The van der Waals surface area contributed by atoms with Crippen LogP contribution in [0.15, 0.2) is 24.3 Å². The third-order valence-corrected chi connectivity index (χ3v) is 3.26. The molecule has 1 saturated heterocycles. The van der Waals surface area contributed by atoms with Gasteiger partial charge in [0.1, 0.15) is 0 Å². The fourth-order valence-corrected chi connectivity index (χ4v) is 2.14. The summed E-state index contributed by atoms with van der Waals surface area (Å²) in [6.45, 7) is 3.76. The van der Waals surface area contributed by atoms with Crippen LogP contribution in [0.1, 0.15) is 5.56 Å². The van der Waals surface area contributed by atoms with E-state index in [1.54, 1.807) is 24.3 Å². The number of β-amino-alcohol motifs (C(OH)–C–C–N with tert-alkyl or cyclic N) is 1. The molecule has 1 aliphatic rings. The molecule has 0 aliphatic carbocycles. The second kappa shape index (κ2) is 7.28. The minimum atomic E-state index is -0.530. The Balaban J connectivity index is 1.89. The van der Waals surface area contributed by atoms with Gasteiger partial charge in [-0.15, -0.1) is 0 Å². The molecule has 1 aromatic rings. The highest BCUT2D eigenvalue weighted by atomic mass is 16.5. The molecule has 110 valence electrons. The van der Waals surface area contributed by atoms with E-state index in [2.05, 4.69) is 4.90 Å². The lowest BCUT2D eigenvalue weighted by Gasteiger charge is -2.27. The van der Waals surface area contributed by atoms with E-state index in [-0.39, 0.29) is 5.75 Å². The first kappa shape index (κ1) is 14.8. The van der Waals surface area contributed by atoms with E-state index < -0.39 is 6.10 Å². The Morgan fingerprint density at radius 1 is 1.40 bits per heavy atom. The summed E-state index contributed by atoms with van der Waals surface area (Å²) in [7, 11) is 1.51. The van der Waals surface area contributed by atoms with Gasteiger partial charge in [0.2, 0.25) is 0 Å². The van der Waals surface area contributed by atoms with E-state index in [9.17, 15) is 10.2 Å². The fraction of sp³-hybridized carbons (Fsp3) is 0.467. The molecule has 1 aromatic carbocycles. The Labute approximate surface area is 119 Å². The van der Waals surface area contributed by atoms with E-state index in [4.69, 9.17) is 9.47 Å². The lowest BCUT2D eigenvalue weighted by Crippen LogP contribution is -2.40. The number of methoxy groups -OCH3 is 1. The van der Waals surface area contributed by atoms with Gasteiger partial charge in [-0.25, -0.2) is 0 Å². The van der Waals surface area contributed by atoms with E-state index in [1.807, 2.05) is 6.07 Å². The van der Waals surface area contributed by atoms with E-state index in [0.29, 0.717) is 12.3 Å². The normalized spacial score (nSPS) is 18.3. The highest BCUT2D eigenvalue weighted by Gasteiger charge is 2.12. The van der Waals surface area contributed by atoms with Gasteiger partial charge in [0.25, 0.3) is 0 Å². The number of aliphatic hydroxyl groups is 1. The van der Waals surface area contributed by atoms with Crippen molar-refractivity contribution in [1.82, 2.24) is 4.90 Å². The van der Waals surface area contributed by atoms with Crippen LogP contribution in [0.25, 0.3) is 6.08 Å². The molecule has 0 radical (unpaired) electrons. The zero-order valence-electron chi connectivity index (χ0n) is 11.7. The zero-order chi connectivity index (χ0) is 14.4. The van der Waals surface area contributed by atoms with Crippen LogP contribution in [-0.4, -0.2) is 61.2 Å². The van der Waals surface area contributed by atoms with Crippen LogP contribution in [0.4, 0.5) is 0 Å². The van der Waals surface area contributed by atoms with Crippen molar-refractivity contribution in [2.75, 3.05) is 40.0 Å². The van der Waals surface area contributed by atoms with Crippen molar-refractivity contribution in [1.29, 1.82) is 0 Å². The number of nitrogens with zero attached hydrogens (tertiary/aromatic N) is 1. The van der Waals surface area contributed by atoms with Crippen LogP contribution in [0.2, 0.25) is 0 Å². The molecule has 1 aliphatic heterocycles. The zero-order valence-corrected chi connectivity index (χ0v) is 11.7. The molecule has 20 heavy (non-hydrogen) atoms. The molecule has 5 heteroatoms. The molecule has 5 nitrogen and oxygen atoms in total. The minimum absolute atomic E-state index is 0.0947. The Morgan fingerprint density at radius 3 is 2.80 bits per heavy atom. The first-order valence-electron chi connectivity index (χ1n) is 6.72. The van der Waals surface area contributed by atoms with Crippen LogP contribution in [-0.2, 0) is 4.74 Å². The number of aromatic hydroxyl groups is 1. The van der Waals surface area contributed by atoms with Gasteiger partial charge in [-0.3, -0.25) is 4.90 Å². The van der Waals surface area contributed by atoms with Crippen molar-refractivity contribution in [3.8, 4) is 11.5 Å². The summed E-state index contributed by atoms with van der Waals surface area (Å²) in [5.74, 6) is 0.535. The van der Waals surface area contributed by atoms with Crippen molar-refractivity contribution >= 4 is 6.08 Å². The lowest BCUT2D eigenvalue weighted by atomic mass is 10.1. The van der Waals surface area contributed by atoms with Gasteiger partial charge in [-0.2, -0.15) is 0 Å². The SMILES string of the molecule is COc1ccc(/C=C\C(O)CN2CCOCC2)cc1O. The largest absolute Gasteiger partial charge is 0.504 e. The first-order chi connectivity index (χ1) is 9.69. The summed E-state index contributed by atoms with van der Waals surface area (Å²) in [6, 6.07) is 5.14. The number of benzene rings is 1. The summed E-state index contributed by atoms with van der Waals surface area (Å²) < 4.78 is 10.2. The monoisotopic (exact) mass is 279 g/mol. The Morgan fingerprint density at radius 2 is 2.15 bits per heavy atom. The number of ether oxygens (including phenoxy) is 2. The molecule has 0 amide bonds. The quantitative estimate of drug-likeness (QED) is 0.845. The number of phenols is 1. The molecule has 2 rings (SSSR count). The standard InChI is InChI=1S/C15H21NO4/c1-19-15-5-3-12(10-14(15)18)2-4-13(17)11-16-6-8-20-9-7-16/h2-5,10,13,17-18H,6-9,11H2,1H3/b4-2-. The highest BCUT2D eigenvalue weighted by molar-refractivity contribution is 5.55. The van der Waals surface area contributed by atoms with E-state index in [0.717, 1.165) is 31.9 Å². The van der Waals surface area contributed by atoms with Crippen molar-refractivity contribution < 1.29 is 19.7 Å². The predicted molar refractivity (Wildman–Crippen MR) is 77.0 cm³/mol. The number of phenolic OH excluding ortho intramolecular Hbond substituents is 1. The van der Waals surface area contributed by atoms with Gasteiger partial charge in [0.15, 0.2) is 11.5 Å². The molecular formula is C15H21NO4. The van der Waals surface area contributed by atoms with Gasteiger partial charge in [0.05, 0.1) is 26.4 Å². The van der Waals surface area contributed by atoms with Crippen LogP contribution in [0.3, 0.4) is 0 Å². The number of morpholine rings is 1. The summed E-state index contributed by atoms with van der Waals surface area (Å²) in [6.07, 6.45) is 3.00. The van der Waals surface area contributed by atoms with Gasteiger partial charge < -0.3 is 19.7 Å². The van der Waals surface area contributed by atoms with E-state index >= 15 is 0 Å². The number of hydrogen-bond donors (Lipinski definition) is 2. The number of aliphatic hydroxyl groups excluding tert-OH is 1. The lowest BCUT2D eigenvalue weighted by molar-refractivity contribution is 0.0223. The maximum atomic E-state index is 9.98. The third-order valence-electron chi connectivity index (χ3n) is 3.26. The summed E-state index contributed by atoms with van der Waals surface area (Å²) in [5.41, 5.74) is 0.823. The van der Waals surface area contributed by atoms with Crippen LogP contribution in [0.5, 0.6) is 11.5 Å². The summed E-state index contributed by atoms with van der Waals surface area (Å²) in [5, 5.41) is 19.7. The predicted octanol–water partition coefficient (Wildman–Crippen LogP) is 1.11. The topological polar surface area (TPSA) is 62.2 Å². The maximum Gasteiger partial charge on any atom is 0.160 e. The molecule has 1 atom stereocenters. The minimum Gasteiger partial charge on any atom is -0.504 e. The first-order valence-corrected chi connectivity index (χ1v) is 6.72. The Hall–Kier alpha value is -1.56. The number of hydrogen-bond acceptors (Lipinski definition) is 5. The van der Waals surface area contributed by atoms with Crippen LogP contribution < -0.4 is 4.74 Å². The van der Waals surface area contributed by atoms with Gasteiger partial charge >= 0.3 is 0 Å². The molecule has 0 aromatic heterocycles. The molecular weight excluding hydrogens is 258 g/mol. The van der Waals surface area contributed by atoms with Gasteiger partial charge in [-0.05, 0) is 17.7 Å². The van der Waals surface area contributed by atoms with Crippen molar-refractivity contribution in [3.05, 3.63) is 29.8 Å². The van der Waals surface area contributed by atoms with Crippen LogP contribution >= 0.6 is 0 Å². The molecule has 0 spiro atoms. The molecule has 0 bridgehead atoms. The average molecular weight is 279 g/mol. The molecule has 1 unspecified atom stereocenters. The molecule has 1 heterocycles. The Kier molecular flexibility index (Phi) is 5.40. The fourth-order valence-electron chi connectivity index (χ4n) is 2.14. The maximum absolute atomic E-state index is 9.98. The summed E-state index contributed by atoms with van der Waals surface area (Å²) >= 11 is 0. The second-order valence-electron chi connectivity index (χ2n) is 4.77. The highest BCUT2D eigenvalue weighted by Crippen LogP contribution is 2.26.